The smallest absolute Gasteiger partial charge is 0.261 e. The number of carbonyl (C=O) groups excluding carboxylic acids is 1. The minimum atomic E-state index is -3.42. The Hall–Kier alpha value is -1.70. The lowest BCUT2D eigenvalue weighted by molar-refractivity contribution is 0.0958. The summed E-state index contributed by atoms with van der Waals surface area (Å²) in [5.41, 5.74) is 0.986. The highest BCUT2D eigenvalue weighted by molar-refractivity contribution is 7.89. The van der Waals surface area contributed by atoms with Crippen LogP contribution in [0.5, 0.6) is 0 Å². The van der Waals surface area contributed by atoms with Crippen molar-refractivity contribution >= 4 is 27.3 Å². The van der Waals surface area contributed by atoms with Gasteiger partial charge in [-0.2, -0.15) is 4.31 Å². The zero-order chi connectivity index (χ0) is 17.6. The number of benzene rings is 1. The van der Waals surface area contributed by atoms with Gasteiger partial charge < -0.3 is 5.32 Å². The lowest BCUT2D eigenvalue weighted by Crippen LogP contribution is -2.30. The summed E-state index contributed by atoms with van der Waals surface area (Å²) in [6, 6.07) is 10.5. The van der Waals surface area contributed by atoms with Crippen LogP contribution in [0.4, 0.5) is 0 Å². The van der Waals surface area contributed by atoms with Crippen LogP contribution in [-0.4, -0.2) is 38.3 Å². The maximum atomic E-state index is 12.4. The van der Waals surface area contributed by atoms with Crippen molar-refractivity contribution in [2.45, 2.75) is 25.2 Å². The molecule has 130 valence electrons. The molecule has 0 aliphatic carbocycles. The van der Waals surface area contributed by atoms with Gasteiger partial charge in [0.2, 0.25) is 10.0 Å². The third-order valence-electron chi connectivity index (χ3n) is 3.71. The topological polar surface area (TPSA) is 66.5 Å². The molecular weight excluding hydrogens is 344 g/mol. The first-order valence-corrected chi connectivity index (χ1v) is 10.2. The van der Waals surface area contributed by atoms with E-state index in [1.54, 1.807) is 30.3 Å². The molecule has 2 rings (SSSR count). The SMILES string of the molecule is CCN(CC)S(=O)(=O)c1ccc(CCNC(=O)c2cccs2)cc1. The van der Waals surface area contributed by atoms with Crippen molar-refractivity contribution in [2.75, 3.05) is 19.6 Å². The molecule has 1 amide bonds. The fourth-order valence-electron chi connectivity index (χ4n) is 2.36. The predicted octanol–water partition coefficient (Wildman–Crippen LogP) is 2.75. The molecule has 0 radical (unpaired) electrons. The van der Waals surface area contributed by atoms with E-state index in [-0.39, 0.29) is 5.91 Å². The van der Waals surface area contributed by atoms with Gasteiger partial charge in [0.25, 0.3) is 5.91 Å². The van der Waals surface area contributed by atoms with E-state index < -0.39 is 10.0 Å². The van der Waals surface area contributed by atoms with Crippen molar-refractivity contribution in [2.24, 2.45) is 0 Å². The molecule has 1 aromatic heterocycles. The highest BCUT2D eigenvalue weighted by atomic mass is 32.2. The molecule has 5 nitrogen and oxygen atoms in total. The number of sulfonamides is 1. The van der Waals surface area contributed by atoms with E-state index >= 15 is 0 Å². The molecule has 0 saturated heterocycles. The molecule has 0 spiro atoms. The number of nitrogens with one attached hydrogen (secondary N) is 1. The Labute approximate surface area is 147 Å². The number of carbonyl (C=O) groups is 1. The second kappa shape index (κ2) is 8.41. The average molecular weight is 367 g/mol. The summed E-state index contributed by atoms with van der Waals surface area (Å²) in [5, 5.41) is 4.72. The quantitative estimate of drug-likeness (QED) is 0.781. The molecule has 0 saturated carbocycles. The van der Waals surface area contributed by atoms with Gasteiger partial charge in [-0.05, 0) is 35.6 Å². The van der Waals surface area contributed by atoms with Gasteiger partial charge in [-0.25, -0.2) is 8.42 Å². The second-order valence-corrected chi connectivity index (χ2v) is 8.10. The highest BCUT2D eigenvalue weighted by Crippen LogP contribution is 2.16. The molecule has 0 unspecified atom stereocenters. The van der Waals surface area contributed by atoms with Crippen molar-refractivity contribution < 1.29 is 13.2 Å². The largest absolute Gasteiger partial charge is 0.351 e. The van der Waals surface area contributed by atoms with Gasteiger partial charge in [0, 0.05) is 19.6 Å². The Kier molecular flexibility index (Phi) is 6.53. The molecule has 24 heavy (non-hydrogen) atoms. The Bertz CT molecular complexity index is 750. The number of hydrogen-bond donors (Lipinski definition) is 1. The number of hydrogen-bond acceptors (Lipinski definition) is 4. The summed E-state index contributed by atoms with van der Waals surface area (Å²) in [4.78, 5) is 12.8. The van der Waals surface area contributed by atoms with Crippen molar-refractivity contribution in [3.63, 3.8) is 0 Å². The minimum absolute atomic E-state index is 0.0780. The summed E-state index contributed by atoms with van der Waals surface area (Å²) >= 11 is 1.41. The molecular formula is C17H22N2O3S2. The van der Waals surface area contributed by atoms with Gasteiger partial charge in [-0.15, -0.1) is 11.3 Å². The summed E-state index contributed by atoms with van der Waals surface area (Å²) in [7, 11) is -3.42. The van der Waals surface area contributed by atoms with E-state index in [4.69, 9.17) is 0 Å². The van der Waals surface area contributed by atoms with Crippen molar-refractivity contribution in [1.82, 2.24) is 9.62 Å². The summed E-state index contributed by atoms with van der Waals surface area (Å²) < 4.78 is 26.3. The first-order valence-electron chi connectivity index (χ1n) is 7.89. The van der Waals surface area contributed by atoms with Crippen LogP contribution < -0.4 is 5.32 Å². The molecule has 0 aliphatic rings. The second-order valence-electron chi connectivity index (χ2n) is 5.22. The number of amides is 1. The molecule has 0 fully saturated rings. The van der Waals surface area contributed by atoms with E-state index in [0.717, 1.165) is 5.56 Å². The first kappa shape index (κ1) is 18.6. The monoisotopic (exact) mass is 366 g/mol. The fraction of sp³-hybridized carbons (Fsp3) is 0.353. The van der Waals surface area contributed by atoms with Crippen molar-refractivity contribution in [1.29, 1.82) is 0 Å². The van der Waals surface area contributed by atoms with Crippen LogP contribution in [0, 0.1) is 0 Å². The van der Waals surface area contributed by atoms with Crippen LogP contribution >= 0.6 is 11.3 Å². The zero-order valence-corrected chi connectivity index (χ0v) is 15.5. The molecule has 0 atom stereocenters. The van der Waals surface area contributed by atoms with Gasteiger partial charge in [0.15, 0.2) is 0 Å². The Morgan fingerprint density at radius 3 is 2.33 bits per heavy atom. The summed E-state index contributed by atoms with van der Waals surface area (Å²) in [6.07, 6.45) is 0.655. The van der Waals surface area contributed by atoms with Gasteiger partial charge in [0.1, 0.15) is 0 Å². The van der Waals surface area contributed by atoms with E-state index in [1.165, 1.54) is 15.6 Å². The van der Waals surface area contributed by atoms with E-state index in [0.29, 0.717) is 35.8 Å². The normalized spacial score (nSPS) is 11.6. The predicted molar refractivity (Wildman–Crippen MR) is 96.9 cm³/mol. The van der Waals surface area contributed by atoms with Crippen LogP contribution in [-0.2, 0) is 16.4 Å². The van der Waals surface area contributed by atoms with Crippen molar-refractivity contribution in [3.8, 4) is 0 Å². The van der Waals surface area contributed by atoms with Crippen LogP contribution in [0.1, 0.15) is 29.1 Å². The number of nitrogens with zero attached hydrogens (tertiary/aromatic N) is 1. The molecule has 2 aromatic rings. The van der Waals surface area contributed by atoms with Crippen LogP contribution in [0.25, 0.3) is 0 Å². The van der Waals surface area contributed by atoms with Gasteiger partial charge in [-0.1, -0.05) is 32.0 Å². The van der Waals surface area contributed by atoms with Crippen LogP contribution in [0.15, 0.2) is 46.7 Å². The lowest BCUT2D eigenvalue weighted by Gasteiger charge is -2.18. The van der Waals surface area contributed by atoms with Crippen molar-refractivity contribution in [3.05, 3.63) is 52.2 Å². The molecule has 1 N–H and O–H groups in total. The first-order chi connectivity index (χ1) is 11.5. The van der Waals surface area contributed by atoms with Crippen LogP contribution in [0.3, 0.4) is 0 Å². The average Bonchev–Trinajstić information content (AvgIpc) is 3.11. The lowest BCUT2D eigenvalue weighted by atomic mass is 10.1. The summed E-state index contributed by atoms with van der Waals surface area (Å²) in [5.74, 6) is -0.0780. The fourth-order valence-corrected chi connectivity index (χ4v) is 4.45. The maximum Gasteiger partial charge on any atom is 0.261 e. The standard InChI is InChI=1S/C17H22N2O3S2/c1-3-19(4-2)24(21,22)15-9-7-14(8-10-15)11-12-18-17(20)16-6-5-13-23-16/h5-10,13H,3-4,11-12H2,1-2H3,(H,18,20). The maximum absolute atomic E-state index is 12.4. The minimum Gasteiger partial charge on any atom is -0.351 e. The number of thiophene rings is 1. The summed E-state index contributed by atoms with van der Waals surface area (Å²) in [6.45, 7) is 5.07. The van der Waals surface area contributed by atoms with Gasteiger partial charge >= 0.3 is 0 Å². The van der Waals surface area contributed by atoms with E-state index in [1.807, 2.05) is 25.3 Å². The molecule has 1 heterocycles. The Balaban J connectivity index is 1.94. The van der Waals surface area contributed by atoms with Gasteiger partial charge in [-0.3, -0.25) is 4.79 Å². The zero-order valence-electron chi connectivity index (χ0n) is 13.9. The third-order valence-corrected chi connectivity index (χ3v) is 6.64. The number of rotatable bonds is 8. The van der Waals surface area contributed by atoms with Gasteiger partial charge in [0.05, 0.1) is 9.77 Å². The molecule has 0 aliphatic heterocycles. The highest BCUT2D eigenvalue weighted by Gasteiger charge is 2.21. The third kappa shape index (κ3) is 4.43. The molecule has 7 heteroatoms. The molecule has 1 aromatic carbocycles. The van der Waals surface area contributed by atoms with E-state index in [2.05, 4.69) is 5.32 Å². The van der Waals surface area contributed by atoms with Crippen LogP contribution in [0.2, 0.25) is 0 Å². The van der Waals surface area contributed by atoms with E-state index in [9.17, 15) is 13.2 Å². The Morgan fingerprint density at radius 2 is 1.79 bits per heavy atom. The molecule has 0 bridgehead atoms. The Morgan fingerprint density at radius 1 is 1.12 bits per heavy atom.